The van der Waals surface area contributed by atoms with Gasteiger partial charge in [0.25, 0.3) is 5.69 Å². The van der Waals surface area contributed by atoms with Crippen molar-refractivity contribution in [3.05, 3.63) is 33.9 Å². The molecular weight excluding hydrogens is 284 g/mol. The Balaban J connectivity index is 1.88. The molecule has 1 unspecified atom stereocenters. The van der Waals surface area contributed by atoms with Crippen LogP contribution in [0.5, 0.6) is 0 Å². The molecule has 0 aliphatic carbocycles. The normalized spacial score (nSPS) is 16.7. The molecule has 118 valence electrons. The second-order valence-electron chi connectivity index (χ2n) is 5.50. The average molecular weight is 304 g/mol. The van der Waals surface area contributed by atoms with Crippen LogP contribution in [0.1, 0.15) is 12.5 Å². The quantitative estimate of drug-likeness (QED) is 0.637. The SMILES string of the molecule is CC(CNc1ccc([N+](=O)[O-])c(C#N)c1)CN1CCOCC1. The number of anilines is 1. The van der Waals surface area contributed by atoms with Crippen LogP contribution in [0, 0.1) is 27.4 Å². The van der Waals surface area contributed by atoms with Gasteiger partial charge in [0.05, 0.1) is 18.1 Å². The van der Waals surface area contributed by atoms with Crippen LogP contribution >= 0.6 is 0 Å². The zero-order chi connectivity index (χ0) is 15.9. The smallest absolute Gasteiger partial charge is 0.287 e. The number of nitriles is 1. The van der Waals surface area contributed by atoms with Gasteiger partial charge < -0.3 is 10.1 Å². The number of nitrogens with one attached hydrogen (secondary N) is 1. The number of hydrogen-bond acceptors (Lipinski definition) is 6. The van der Waals surface area contributed by atoms with Gasteiger partial charge in [-0.15, -0.1) is 0 Å². The molecule has 1 saturated heterocycles. The minimum Gasteiger partial charge on any atom is -0.385 e. The minimum atomic E-state index is -0.538. The summed E-state index contributed by atoms with van der Waals surface area (Å²) < 4.78 is 5.32. The maximum absolute atomic E-state index is 10.8. The van der Waals surface area contributed by atoms with Crippen LogP contribution in [-0.4, -0.2) is 49.2 Å². The highest BCUT2D eigenvalue weighted by Crippen LogP contribution is 2.22. The fourth-order valence-electron chi connectivity index (χ4n) is 2.48. The van der Waals surface area contributed by atoms with E-state index in [0.717, 1.165) is 45.1 Å². The van der Waals surface area contributed by atoms with E-state index in [1.54, 1.807) is 6.07 Å². The predicted molar refractivity (Wildman–Crippen MR) is 82.7 cm³/mol. The van der Waals surface area contributed by atoms with Crippen LogP contribution in [0.15, 0.2) is 18.2 Å². The van der Waals surface area contributed by atoms with Gasteiger partial charge in [-0.1, -0.05) is 6.92 Å². The Labute approximate surface area is 129 Å². The zero-order valence-electron chi connectivity index (χ0n) is 12.6. The summed E-state index contributed by atoms with van der Waals surface area (Å²) in [5.41, 5.74) is 0.654. The van der Waals surface area contributed by atoms with E-state index in [1.807, 2.05) is 6.07 Å². The van der Waals surface area contributed by atoms with E-state index in [4.69, 9.17) is 10.00 Å². The summed E-state index contributed by atoms with van der Waals surface area (Å²) in [6.45, 7) is 7.37. The van der Waals surface area contributed by atoms with Gasteiger partial charge in [0, 0.05) is 37.9 Å². The molecule has 1 heterocycles. The van der Waals surface area contributed by atoms with E-state index < -0.39 is 4.92 Å². The largest absolute Gasteiger partial charge is 0.385 e. The van der Waals surface area contributed by atoms with Crippen molar-refractivity contribution in [1.82, 2.24) is 4.90 Å². The summed E-state index contributed by atoms with van der Waals surface area (Å²) in [5.74, 6) is 0.429. The van der Waals surface area contributed by atoms with Crippen molar-refractivity contribution in [2.24, 2.45) is 5.92 Å². The molecule has 2 rings (SSSR count). The predicted octanol–water partition coefficient (Wildman–Crippen LogP) is 1.85. The summed E-state index contributed by atoms with van der Waals surface area (Å²) in [6, 6.07) is 6.40. The molecule has 1 N–H and O–H groups in total. The lowest BCUT2D eigenvalue weighted by atomic mass is 10.1. The zero-order valence-corrected chi connectivity index (χ0v) is 12.6. The highest BCUT2D eigenvalue weighted by molar-refractivity contribution is 5.58. The topological polar surface area (TPSA) is 91.4 Å². The van der Waals surface area contributed by atoms with E-state index >= 15 is 0 Å². The molecule has 0 radical (unpaired) electrons. The molecule has 1 atom stereocenters. The van der Waals surface area contributed by atoms with E-state index in [9.17, 15) is 10.1 Å². The first-order valence-electron chi connectivity index (χ1n) is 7.32. The minimum absolute atomic E-state index is 0.0795. The lowest BCUT2D eigenvalue weighted by Crippen LogP contribution is -2.40. The van der Waals surface area contributed by atoms with Crippen molar-refractivity contribution in [3.63, 3.8) is 0 Å². The van der Waals surface area contributed by atoms with Crippen LogP contribution in [0.25, 0.3) is 0 Å². The fourth-order valence-corrected chi connectivity index (χ4v) is 2.48. The first kappa shape index (κ1) is 16.2. The molecule has 0 bridgehead atoms. The maximum Gasteiger partial charge on any atom is 0.287 e. The van der Waals surface area contributed by atoms with Gasteiger partial charge in [0.15, 0.2) is 0 Å². The second-order valence-corrected chi connectivity index (χ2v) is 5.50. The average Bonchev–Trinajstić information content (AvgIpc) is 2.53. The molecule has 22 heavy (non-hydrogen) atoms. The van der Waals surface area contributed by atoms with Crippen LogP contribution in [0.2, 0.25) is 0 Å². The molecule has 1 aliphatic heterocycles. The van der Waals surface area contributed by atoms with Crippen molar-refractivity contribution < 1.29 is 9.66 Å². The summed E-state index contributed by atoms with van der Waals surface area (Å²) in [4.78, 5) is 12.6. The van der Waals surface area contributed by atoms with Gasteiger partial charge in [0.2, 0.25) is 0 Å². The molecule has 0 saturated carbocycles. The highest BCUT2D eigenvalue weighted by Gasteiger charge is 2.15. The molecule has 1 aromatic carbocycles. The molecule has 0 amide bonds. The van der Waals surface area contributed by atoms with Crippen molar-refractivity contribution in [2.45, 2.75) is 6.92 Å². The summed E-state index contributed by atoms with van der Waals surface area (Å²) in [7, 11) is 0. The van der Waals surface area contributed by atoms with E-state index in [1.165, 1.54) is 12.1 Å². The Morgan fingerprint density at radius 2 is 2.23 bits per heavy atom. The number of benzene rings is 1. The van der Waals surface area contributed by atoms with E-state index in [-0.39, 0.29) is 11.3 Å². The first-order valence-corrected chi connectivity index (χ1v) is 7.32. The highest BCUT2D eigenvalue weighted by atomic mass is 16.6. The molecular formula is C15H20N4O3. The lowest BCUT2D eigenvalue weighted by molar-refractivity contribution is -0.385. The monoisotopic (exact) mass is 304 g/mol. The van der Waals surface area contributed by atoms with Crippen LogP contribution < -0.4 is 5.32 Å². The van der Waals surface area contributed by atoms with Gasteiger partial charge in [-0.25, -0.2) is 0 Å². The number of ether oxygens (including phenoxy) is 1. The van der Waals surface area contributed by atoms with Crippen LogP contribution in [0.4, 0.5) is 11.4 Å². The van der Waals surface area contributed by atoms with Crippen molar-refractivity contribution in [1.29, 1.82) is 5.26 Å². The van der Waals surface area contributed by atoms with Crippen molar-refractivity contribution in [3.8, 4) is 6.07 Å². The van der Waals surface area contributed by atoms with Gasteiger partial charge in [-0.2, -0.15) is 5.26 Å². The van der Waals surface area contributed by atoms with Crippen molar-refractivity contribution >= 4 is 11.4 Å². The van der Waals surface area contributed by atoms with Gasteiger partial charge >= 0.3 is 0 Å². The number of nitro benzene ring substituents is 1. The summed E-state index contributed by atoms with van der Waals surface area (Å²) >= 11 is 0. The molecule has 0 spiro atoms. The number of rotatable bonds is 6. The standard InChI is InChI=1S/C15H20N4O3/c1-12(11-18-4-6-22-7-5-18)10-17-14-2-3-15(19(20)21)13(8-14)9-16/h2-3,8,12,17H,4-7,10-11H2,1H3. The molecule has 0 aromatic heterocycles. The Morgan fingerprint density at radius 3 is 2.86 bits per heavy atom. The Kier molecular flexibility index (Phi) is 5.69. The Morgan fingerprint density at radius 1 is 1.50 bits per heavy atom. The Bertz CT molecular complexity index is 564. The second kappa shape index (κ2) is 7.73. The lowest BCUT2D eigenvalue weighted by Gasteiger charge is -2.29. The van der Waals surface area contributed by atoms with Crippen LogP contribution in [0.3, 0.4) is 0 Å². The van der Waals surface area contributed by atoms with Gasteiger partial charge in [-0.05, 0) is 18.1 Å². The Hall–Kier alpha value is -2.17. The van der Waals surface area contributed by atoms with Gasteiger partial charge in [-0.3, -0.25) is 15.0 Å². The maximum atomic E-state index is 10.8. The number of nitrogens with zero attached hydrogens (tertiary/aromatic N) is 3. The van der Waals surface area contributed by atoms with E-state index in [0.29, 0.717) is 5.92 Å². The number of nitro groups is 1. The third-order valence-corrected chi connectivity index (χ3v) is 3.64. The molecule has 1 aromatic rings. The number of hydrogen-bond donors (Lipinski definition) is 1. The van der Waals surface area contributed by atoms with E-state index in [2.05, 4.69) is 17.1 Å². The molecule has 1 fully saturated rings. The number of morpholine rings is 1. The van der Waals surface area contributed by atoms with Crippen molar-refractivity contribution in [2.75, 3.05) is 44.7 Å². The van der Waals surface area contributed by atoms with Crippen LogP contribution in [-0.2, 0) is 4.74 Å². The summed E-state index contributed by atoms with van der Waals surface area (Å²) in [5, 5.41) is 23.0. The molecule has 7 heteroatoms. The summed E-state index contributed by atoms with van der Waals surface area (Å²) in [6.07, 6.45) is 0. The third kappa shape index (κ3) is 4.41. The molecule has 1 aliphatic rings. The fraction of sp³-hybridized carbons (Fsp3) is 0.533. The first-order chi connectivity index (χ1) is 10.6. The third-order valence-electron chi connectivity index (χ3n) is 3.64. The van der Waals surface area contributed by atoms with Gasteiger partial charge in [0.1, 0.15) is 11.6 Å². The molecule has 7 nitrogen and oxygen atoms in total.